The summed E-state index contributed by atoms with van der Waals surface area (Å²) in [4.78, 5) is 0. The number of hydrogen-bond donors (Lipinski definition) is 2. The van der Waals surface area contributed by atoms with Crippen LogP contribution in [-0.4, -0.2) is 19.5 Å². The van der Waals surface area contributed by atoms with E-state index in [1.807, 2.05) is 0 Å². The van der Waals surface area contributed by atoms with Gasteiger partial charge < -0.3 is 20.9 Å². The summed E-state index contributed by atoms with van der Waals surface area (Å²) in [6, 6.07) is 10.7. The summed E-state index contributed by atoms with van der Waals surface area (Å²) in [5.74, 6) is -0.107. The summed E-state index contributed by atoms with van der Waals surface area (Å²) in [5.41, 5.74) is 12.2. The van der Waals surface area contributed by atoms with Crippen LogP contribution >= 0.6 is 0 Å². The van der Waals surface area contributed by atoms with E-state index in [0.29, 0.717) is 11.3 Å². The largest absolute Gasteiger partial charge is 0.573 e. The Bertz CT molecular complexity index is 645. The van der Waals surface area contributed by atoms with E-state index in [2.05, 4.69) is 4.74 Å². The van der Waals surface area contributed by atoms with Crippen molar-refractivity contribution in [2.75, 3.05) is 18.9 Å². The zero-order valence-corrected chi connectivity index (χ0v) is 11.6. The van der Waals surface area contributed by atoms with Crippen LogP contribution in [0.1, 0.15) is 0 Å². The molecule has 2 rings (SSSR count). The standard InChI is InChI=1S/C15H15F3N2O2/c16-15(17,18)22-14-9-12(21-7-6-19)4-5-13(14)10-2-1-3-11(20)8-10/h1-5,8-9H,6-7,19-20H2. The molecule has 0 spiro atoms. The Morgan fingerprint density at radius 2 is 1.82 bits per heavy atom. The molecule has 0 bridgehead atoms. The molecule has 0 heterocycles. The molecule has 0 fully saturated rings. The summed E-state index contributed by atoms with van der Waals surface area (Å²) < 4.78 is 47.1. The number of rotatable bonds is 5. The third kappa shape index (κ3) is 4.29. The molecule has 0 aliphatic carbocycles. The highest BCUT2D eigenvalue weighted by atomic mass is 19.4. The molecular formula is C15H15F3N2O2. The predicted octanol–water partition coefficient (Wildman–Crippen LogP) is 3.17. The van der Waals surface area contributed by atoms with Crippen LogP contribution < -0.4 is 20.9 Å². The van der Waals surface area contributed by atoms with Crippen molar-refractivity contribution in [2.45, 2.75) is 6.36 Å². The highest BCUT2D eigenvalue weighted by Gasteiger charge is 2.32. The first-order valence-corrected chi connectivity index (χ1v) is 6.47. The van der Waals surface area contributed by atoms with Gasteiger partial charge in [-0.05, 0) is 29.8 Å². The molecule has 4 nitrogen and oxygen atoms in total. The van der Waals surface area contributed by atoms with Gasteiger partial charge in [-0.15, -0.1) is 13.2 Å². The van der Waals surface area contributed by atoms with Crippen molar-refractivity contribution < 1.29 is 22.6 Å². The van der Waals surface area contributed by atoms with Crippen LogP contribution in [0, 0.1) is 0 Å². The second-order valence-electron chi connectivity index (χ2n) is 4.47. The zero-order valence-electron chi connectivity index (χ0n) is 11.6. The van der Waals surface area contributed by atoms with Crippen molar-refractivity contribution in [2.24, 2.45) is 5.73 Å². The third-order valence-corrected chi connectivity index (χ3v) is 2.76. The van der Waals surface area contributed by atoms with E-state index < -0.39 is 6.36 Å². The van der Waals surface area contributed by atoms with Crippen molar-refractivity contribution in [1.82, 2.24) is 0 Å². The Morgan fingerprint density at radius 3 is 2.45 bits per heavy atom. The fourth-order valence-corrected chi connectivity index (χ4v) is 1.92. The van der Waals surface area contributed by atoms with Crippen LogP contribution in [0.4, 0.5) is 18.9 Å². The smallest absolute Gasteiger partial charge is 0.492 e. The lowest BCUT2D eigenvalue weighted by Gasteiger charge is -2.15. The second-order valence-corrected chi connectivity index (χ2v) is 4.47. The highest BCUT2D eigenvalue weighted by Crippen LogP contribution is 2.37. The predicted molar refractivity (Wildman–Crippen MR) is 77.5 cm³/mol. The lowest BCUT2D eigenvalue weighted by molar-refractivity contribution is -0.274. The van der Waals surface area contributed by atoms with E-state index in [4.69, 9.17) is 16.2 Å². The van der Waals surface area contributed by atoms with Crippen molar-refractivity contribution >= 4 is 5.69 Å². The third-order valence-electron chi connectivity index (χ3n) is 2.76. The van der Waals surface area contributed by atoms with Gasteiger partial charge in [-0.2, -0.15) is 0 Å². The topological polar surface area (TPSA) is 70.5 Å². The van der Waals surface area contributed by atoms with Crippen molar-refractivity contribution in [3.05, 3.63) is 42.5 Å². The molecule has 22 heavy (non-hydrogen) atoms. The van der Waals surface area contributed by atoms with Gasteiger partial charge in [0.05, 0.1) is 0 Å². The van der Waals surface area contributed by atoms with Gasteiger partial charge in [0, 0.05) is 23.9 Å². The van der Waals surface area contributed by atoms with Crippen LogP contribution in [0.3, 0.4) is 0 Å². The molecule has 118 valence electrons. The van der Waals surface area contributed by atoms with Crippen molar-refractivity contribution in [3.8, 4) is 22.6 Å². The number of anilines is 1. The van der Waals surface area contributed by atoms with Crippen molar-refractivity contribution in [3.63, 3.8) is 0 Å². The Kier molecular flexibility index (Phi) is 4.77. The van der Waals surface area contributed by atoms with Gasteiger partial charge in [0.1, 0.15) is 18.1 Å². The molecule has 0 radical (unpaired) electrons. The molecule has 0 amide bonds. The molecule has 0 aromatic heterocycles. The minimum Gasteiger partial charge on any atom is -0.492 e. The Hall–Kier alpha value is -2.41. The molecule has 0 saturated heterocycles. The quantitative estimate of drug-likeness (QED) is 0.832. The normalized spacial score (nSPS) is 11.3. The van der Waals surface area contributed by atoms with Gasteiger partial charge in [0.15, 0.2) is 0 Å². The van der Waals surface area contributed by atoms with Gasteiger partial charge in [0.25, 0.3) is 0 Å². The van der Waals surface area contributed by atoms with Gasteiger partial charge in [0.2, 0.25) is 0 Å². The molecule has 0 atom stereocenters. The van der Waals surface area contributed by atoms with E-state index in [1.54, 1.807) is 30.3 Å². The first-order chi connectivity index (χ1) is 10.4. The number of nitrogen functional groups attached to an aromatic ring is 1. The average Bonchev–Trinajstić information content (AvgIpc) is 2.43. The van der Waals surface area contributed by atoms with Gasteiger partial charge >= 0.3 is 6.36 Å². The SMILES string of the molecule is NCCOc1ccc(-c2cccc(N)c2)c(OC(F)(F)F)c1. The monoisotopic (exact) mass is 312 g/mol. The van der Waals surface area contributed by atoms with E-state index in [1.165, 1.54) is 12.1 Å². The molecule has 2 aromatic carbocycles. The highest BCUT2D eigenvalue weighted by molar-refractivity contribution is 5.74. The molecule has 2 aromatic rings. The van der Waals surface area contributed by atoms with Crippen LogP contribution in [0.2, 0.25) is 0 Å². The zero-order chi connectivity index (χ0) is 16.2. The summed E-state index contributed by atoms with van der Waals surface area (Å²) in [6.07, 6.45) is -4.80. The second kappa shape index (κ2) is 6.57. The van der Waals surface area contributed by atoms with E-state index in [-0.39, 0.29) is 30.2 Å². The number of hydrogen-bond acceptors (Lipinski definition) is 4. The molecule has 0 saturated carbocycles. The van der Waals surface area contributed by atoms with Crippen molar-refractivity contribution in [1.29, 1.82) is 0 Å². The molecule has 0 aliphatic heterocycles. The lowest BCUT2D eigenvalue weighted by atomic mass is 10.0. The average molecular weight is 312 g/mol. The maximum atomic E-state index is 12.6. The van der Waals surface area contributed by atoms with Gasteiger partial charge in [-0.25, -0.2) is 0 Å². The van der Waals surface area contributed by atoms with Crippen LogP contribution in [-0.2, 0) is 0 Å². The van der Waals surface area contributed by atoms with E-state index in [0.717, 1.165) is 0 Å². The fraction of sp³-hybridized carbons (Fsp3) is 0.200. The van der Waals surface area contributed by atoms with Crippen LogP contribution in [0.25, 0.3) is 11.1 Å². The maximum absolute atomic E-state index is 12.6. The molecule has 4 N–H and O–H groups in total. The minimum atomic E-state index is -4.80. The summed E-state index contributed by atoms with van der Waals surface area (Å²) in [7, 11) is 0. The molecule has 0 unspecified atom stereocenters. The number of halogens is 3. The number of alkyl halides is 3. The molecular weight excluding hydrogens is 297 g/mol. The first kappa shape index (κ1) is 16.0. The summed E-state index contributed by atoms with van der Waals surface area (Å²) in [5, 5.41) is 0. The van der Waals surface area contributed by atoms with Crippen LogP contribution in [0.5, 0.6) is 11.5 Å². The Labute approximate surface area is 125 Å². The van der Waals surface area contributed by atoms with E-state index in [9.17, 15) is 13.2 Å². The first-order valence-electron chi connectivity index (χ1n) is 6.47. The van der Waals surface area contributed by atoms with Crippen LogP contribution in [0.15, 0.2) is 42.5 Å². The number of ether oxygens (including phenoxy) is 2. The molecule has 7 heteroatoms. The number of benzene rings is 2. The Balaban J connectivity index is 2.43. The lowest BCUT2D eigenvalue weighted by Crippen LogP contribution is -2.18. The summed E-state index contributed by atoms with van der Waals surface area (Å²) in [6.45, 7) is 0.454. The Morgan fingerprint density at radius 1 is 1.05 bits per heavy atom. The van der Waals surface area contributed by atoms with Gasteiger partial charge in [-0.1, -0.05) is 12.1 Å². The summed E-state index contributed by atoms with van der Waals surface area (Å²) >= 11 is 0. The minimum absolute atomic E-state index is 0.198. The molecule has 0 aliphatic rings. The number of nitrogens with two attached hydrogens (primary N) is 2. The maximum Gasteiger partial charge on any atom is 0.573 e. The van der Waals surface area contributed by atoms with Gasteiger partial charge in [-0.3, -0.25) is 0 Å². The van der Waals surface area contributed by atoms with E-state index >= 15 is 0 Å². The fourth-order valence-electron chi connectivity index (χ4n) is 1.92.